The quantitative estimate of drug-likeness (QED) is 0.650. The summed E-state index contributed by atoms with van der Waals surface area (Å²) in [6.07, 6.45) is 1.39. The molecule has 0 bridgehead atoms. The van der Waals surface area contributed by atoms with Crippen LogP contribution in [-0.2, 0) is 16.0 Å². The third kappa shape index (κ3) is 3.09. The van der Waals surface area contributed by atoms with Crippen LogP contribution < -0.4 is 5.32 Å². The molecule has 3 nitrogen and oxygen atoms in total. The van der Waals surface area contributed by atoms with E-state index >= 15 is 0 Å². The highest BCUT2D eigenvalue weighted by atomic mass is 35.5. The first-order valence-electron chi connectivity index (χ1n) is 7.42. The van der Waals surface area contributed by atoms with Crippen molar-refractivity contribution in [2.75, 3.05) is 7.11 Å². The number of benzene rings is 2. The lowest BCUT2D eigenvalue weighted by Crippen LogP contribution is -2.30. The Balaban J connectivity index is 1.85. The molecule has 120 valence electrons. The van der Waals surface area contributed by atoms with Crippen molar-refractivity contribution in [2.45, 2.75) is 24.4 Å². The van der Waals surface area contributed by atoms with E-state index in [0.29, 0.717) is 16.5 Å². The zero-order valence-electron chi connectivity index (χ0n) is 12.7. The normalized spacial score (nSPS) is 22.7. The van der Waals surface area contributed by atoms with E-state index in [1.807, 2.05) is 30.3 Å². The van der Waals surface area contributed by atoms with Gasteiger partial charge in [-0.2, -0.15) is 0 Å². The van der Waals surface area contributed by atoms with E-state index < -0.39 is 5.54 Å². The number of nitrogens with one attached hydrogen (secondary N) is 1. The largest absolute Gasteiger partial charge is 0.468 e. The Morgan fingerprint density at radius 1 is 1.13 bits per heavy atom. The first kappa shape index (κ1) is 16.3. The summed E-state index contributed by atoms with van der Waals surface area (Å²) in [6, 6.07) is 15.2. The minimum Gasteiger partial charge on any atom is -0.468 e. The van der Waals surface area contributed by atoms with Gasteiger partial charge in [0.1, 0.15) is 5.54 Å². The van der Waals surface area contributed by atoms with Crippen LogP contribution in [0.3, 0.4) is 0 Å². The summed E-state index contributed by atoms with van der Waals surface area (Å²) in [7, 11) is 1.40. The first-order chi connectivity index (χ1) is 11.1. The number of ether oxygens (including phenoxy) is 1. The Morgan fingerprint density at radius 3 is 2.39 bits per heavy atom. The molecule has 1 fully saturated rings. The van der Waals surface area contributed by atoms with E-state index in [1.54, 1.807) is 18.2 Å². The van der Waals surface area contributed by atoms with Crippen LogP contribution in [-0.4, -0.2) is 18.6 Å². The maximum Gasteiger partial charge on any atom is 0.328 e. The van der Waals surface area contributed by atoms with Crippen LogP contribution in [0.25, 0.3) is 0 Å². The molecule has 0 spiro atoms. The van der Waals surface area contributed by atoms with Gasteiger partial charge in [-0.25, -0.2) is 4.79 Å². The van der Waals surface area contributed by atoms with Crippen molar-refractivity contribution in [3.8, 4) is 0 Å². The maximum atomic E-state index is 12.4. The Bertz CT molecular complexity index is 700. The van der Waals surface area contributed by atoms with Gasteiger partial charge < -0.3 is 4.74 Å². The van der Waals surface area contributed by atoms with Gasteiger partial charge in [-0.1, -0.05) is 59.6 Å². The summed E-state index contributed by atoms with van der Waals surface area (Å²) in [4.78, 5) is 12.4. The zero-order valence-corrected chi connectivity index (χ0v) is 14.2. The highest BCUT2D eigenvalue weighted by Gasteiger charge is 2.61. The summed E-state index contributed by atoms with van der Waals surface area (Å²) in [5.41, 5.74) is 1.17. The van der Waals surface area contributed by atoms with Crippen molar-refractivity contribution >= 4 is 29.2 Å². The van der Waals surface area contributed by atoms with Crippen molar-refractivity contribution in [1.29, 1.82) is 0 Å². The van der Waals surface area contributed by atoms with Crippen LogP contribution in [0.2, 0.25) is 10.0 Å². The number of methoxy groups -OCH3 is 1. The van der Waals surface area contributed by atoms with Gasteiger partial charge in [0.15, 0.2) is 0 Å². The third-order valence-corrected chi connectivity index (χ3v) is 4.96. The van der Waals surface area contributed by atoms with E-state index in [9.17, 15) is 4.79 Å². The fraction of sp³-hybridized carbons (Fsp3) is 0.278. The Hall–Kier alpha value is -1.55. The highest BCUT2D eigenvalue weighted by molar-refractivity contribution is 6.36. The number of halogens is 2. The average Bonchev–Trinajstić information content (AvgIpc) is 3.28. The van der Waals surface area contributed by atoms with Crippen LogP contribution in [0.1, 0.15) is 23.6 Å². The maximum absolute atomic E-state index is 12.4. The molecule has 2 aromatic carbocycles. The van der Waals surface area contributed by atoms with E-state index in [4.69, 9.17) is 27.9 Å². The lowest BCUT2D eigenvalue weighted by Gasteiger charge is -2.14. The summed E-state index contributed by atoms with van der Waals surface area (Å²) in [5.74, 6) is -0.283. The van der Waals surface area contributed by atoms with Gasteiger partial charge in [-0.15, -0.1) is 0 Å². The minimum atomic E-state index is -0.765. The Morgan fingerprint density at radius 2 is 1.78 bits per heavy atom. The van der Waals surface area contributed by atoms with Crippen LogP contribution in [0.15, 0.2) is 48.5 Å². The van der Waals surface area contributed by atoms with Gasteiger partial charge in [0.05, 0.1) is 13.2 Å². The summed E-state index contributed by atoms with van der Waals surface area (Å²) >= 11 is 12.6. The Kier molecular flexibility index (Phi) is 4.62. The third-order valence-electron chi connectivity index (χ3n) is 4.30. The van der Waals surface area contributed by atoms with Crippen LogP contribution in [0.4, 0.5) is 0 Å². The molecular weight excluding hydrogens is 333 g/mol. The number of hydrogen-bond donors (Lipinski definition) is 1. The molecule has 0 aliphatic carbocycles. The molecule has 2 atom stereocenters. The van der Waals surface area contributed by atoms with E-state index in [1.165, 1.54) is 12.7 Å². The SMILES string of the molecule is COC(=O)[C@@]1(CCc2ccccc2)N[C@H]1c1c(Cl)cccc1Cl. The van der Waals surface area contributed by atoms with Gasteiger partial charge in [-0.3, -0.25) is 5.32 Å². The molecule has 0 saturated carbocycles. The molecule has 0 amide bonds. The van der Waals surface area contributed by atoms with Gasteiger partial charge in [0.2, 0.25) is 0 Å². The standard InChI is InChI=1S/C18H17Cl2NO2/c1-23-17(22)18(11-10-12-6-3-2-4-7-12)16(21-18)15-13(19)8-5-9-14(15)20/h2-9,16,21H,10-11H2,1H3/t16-,18-/m0/s1. The number of rotatable bonds is 5. The lowest BCUT2D eigenvalue weighted by atomic mass is 9.92. The molecule has 0 aromatic heterocycles. The number of hydrogen-bond acceptors (Lipinski definition) is 3. The molecule has 1 aliphatic rings. The van der Waals surface area contributed by atoms with Crippen LogP contribution >= 0.6 is 23.2 Å². The summed E-state index contributed by atoms with van der Waals surface area (Å²) in [6.45, 7) is 0. The van der Waals surface area contributed by atoms with E-state index in [2.05, 4.69) is 5.32 Å². The Labute approximate surface area is 145 Å². The molecule has 23 heavy (non-hydrogen) atoms. The van der Waals surface area contributed by atoms with Crippen LogP contribution in [0.5, 0.6) is 0 Å². The minimum absolute atomic E-state index is 0.222. The molecule has 1 aliphatic heterocycles. The van der Waals surface area contributed by atoms with Crippen LogP contribution in [0, 0.1) is 0 Å². The average molecular weight is 350 g/mol. The van der Waals surface area contributed by atoms with Crippen molar-refractivity contribution in [2.24, 2.45) is 0 Å². The smallest absolute Gasteiger partial charge is 0.328 e. The number of carbonyl (C=O) groups excluding carboxylic acids is 1. The van der Waals surface area contributed by atoms with E-state index in [0.717, 1.165) is 12.0 Å². The van der Waals surface area contributed by atoms with Crippen molar-refractivity contribution in [3.05, 3.63) is 69.7 Å². The molecule has 1 heterocycles. The summed E-state index contributed by atoms with van der Waals surface area (Å²) in [5, 5.41) is 4.37. The number of carbonyl (C=O) groups is 1. The topological polar surface area (TPSA) is 48.2 Å². The second kappa shape index (κ2) is 6.52. The molecule has 2 aromatic rings. The highest BCUT2D eigenvalue weighted by Crippen LogP contribution is 2.49. The molecule has 5 heteroatoms. The van der Waals surface area contributed by atoms with Gasteiger partial charge in [0.25, 0.3) is 0 Å². The molecule has 1 saturated heterocycles. The molecule has 3 rings (SSSR count). The van der Waals surface area contributed by atoms with Gasteiger partial charge in [-0.05, 0) is 30.5 Å². The molecule has 0 radical (unpaired) electrons. The second-order valence-corrected chi connectivity index (χ2v) is 6.48. The monoisotopic (exact) mass is 349 g/mol. The fourth-order valence-electron chi connectivity index (χ4n) is 2.98. The molecule has 0 unspecified atom stereocenters. The fourth-order valence-corrected chi connectivity index (χ4v) is 3.60. The summed E-state index contributed by atoms with van der Waals surface area (Å²) < 4.78 is 5.01. The van der Waals surface area contributed by atoms with Gasteiger partial charge in [0, 0.05) is 15.6 Å². The molecular formula is C18H17Cl2NO2. The zero-order chi connectivity index (χ0) is 16.4. The second-order valence-electron chi connectivity index (χ2n) is 5.66. The predicted octanol–water partition coefficient (Wildman–Crippen LogP) is 4.18. The first-order valence-corrected chi connectivity index (χ1v) is 8.18. The van der Waals surface area contributed by atoms with E-state index in [-0.39, 0.29) is 12.0 Å². The lowest BCUT2D eigenvalue weighted by molar-refractivity contribution is -0.144. The number of esters is 1. The van der Waals surface area contributed by atoms with Crippen molar-refractivity contribution in [1.82, 2.24) is 5.32 Å². The molecule has 1 N–H and O–H groups in total. The number of aryl methyl sites for hydroxylation is 1. The van der Waals surface area contributed by atoms with Gasteiger partial charge >= 0.3 is 5.97 Å². The predicted molar refractivity (Wildman–Crippen MR) is 91.8 cm³/mol. The van der Waals surface area contributed by atoms with Crippen molar-refractivity contribution in [3.63, 3.8) is 0 Å². The van der Waals surface area contributed by atoms with Crippen molar-refractivity contribution < 1.29 is 9.53 Å².